The lowest BCUT2D eigenvalue weighted by Crippen LogP contribution is -2.63. The molecule has 1 amide bonds. The number of nitrogens with one attached hydrogen (secondary N) is 2. The summed E-state index contributed by atoms with van der Waals surface area (Å²) in [6.45, 7) is 3.36. The van der Waals surface area contributed by atoms with E-state index in [9.17, 15) is 14.7 Å². The van der Waals surface area contributed by atoms with Gasteiger partial charge in [0.25, 0.3) is 0 Å². The van der Waals surface area contributed by atoms with Crippen molar-refractivity contribution in [2.24, 2.45) is 5.92 Å². The highest BCUT2D eigenvalue weighted by Gasteiger charge is 2.41. The normalized spacial score (nSPS) is 17.8. The SMILES string of the molecule is CC(CC(=O)O)(NC(=O)OCC1c2ccccc2-c2ccccc21)C1CNC1. The van der Waals surface area contributed by atoms with Crippen molar-refractivity contribution >= 4 is 12.1 Å². The molecule has 1 unspecified atom stereocenters. The van der Waals surface area contributed by atoms with Gasteiger partial charge in [0.05, 0.1) is 12.0 Å². The number of carboxylic acid groups (broad SMARTS) is 1. The van der Waals surface area contributed by atoms with Crippen LogP contribution in [-0.4, -0.2) is 42.4 Å². The number of ether oxygens (including phenoxy) is 1. The highest BCUT2D eigenvalue weighted by Crippen LogP contribution is 2.44. The number of hydrogen-bond acceptors (Lipinski definition) is 4. The smallest absolute Gasteiger partial charge is 0.407 e. The van der Waals surface area contributed by atoms with Crippen LogP contribution in [0.25, 0.3) is 11.1 Å². The van der Waals surface area contributed by atoms with Crippen LogP contribution in [0.3, 0.4) is 0 Å². The van der Waals surface area contributed by atoms with Gasteiger partial charge in [-0.05, 0) is 29.2 Å². The van der Waals surface area contributed by atoms with Crippen molar-refractivity contribution < 1.29 is 19.4 Å². The first-order valence-corrected chi connectivity index (χ1v) is 9.53. The first-order chi connectivity index (χ1) is 13.5. The molecule has 0 saturated carbocycles. The van der Waals surface area contributed by atoms with E-state index in [-0.39, 0.29) is 24.9 Å². The molecular weight excluding hydrogens is 356 g/mol. The van der Waals surface area contributed by atoms with Crippen LogP contribution in [0.1, 0.15) is 30.4 Å². The van der Waals surface area contributed by atoms with Crippen molar-refractivity contribution in [1.29, 1.82) is 0 Å². The third kappa shape index (κ3) is 3.36. The Hall–Kier alpha value is -2.86. The number of alkyl carbamates (subject to hydrolysis) is 1. The number of aliphatic carboxylic acids is 1. The standard InChI is InChI=1S/C22H24N2O4/c1-22(10-20(25)26,14-11-23-12-14)24-21(27)28-13-19-17-8-4-2-6-15(17)16-7-3-5-9-18(16)19/h2-9,14,19,23H,10-13H2,1H3,(H,24,27)(H,25,26). The van der Waals surface area contributed by atoms with Gasteiger partial charge >= 0.3 is 12.1 Å². The average Bonchev–Trinajstić information content (AvgIpc) is 2.91. The molecule has 0 bridgehead atoms. The van der Waals surface area contributed by atoms with E-state index in [1.54, 1.807) is 6.92 Å². The fourth-order valence-corrected chi connectivity index (χ4v) is 4.21. The van der Waals surface area contributed by atoms with Gasteiger partial charge in [0.1, 0.15) is 6.61 Å². The van der Waals surface area contributed by atoms with Crippen LogP contribution in [-0.2, 0) is 9.53 Å². The molecular formula is C22H24N2O4. The first kappa shape index (κ1) is 18.5. The number of carboxylic acids is 1. The van der Waals surface area contributed by atoms with Crippen LogP contribution in [0.5, 0.6) is 0 Å². The van der Waals surface area contributed by atoms with E-state index in [1.807, 2.05) is 24.3 Å². The van der Waals surface area contributed by atoms with Crippen LogP contribution in [0.2, 0.25) is 0 Å². The minimum Gasteiger partial charge on any atom is -0.481 e. The lowest BCUT2D eigenvalue weighted by molar-refractivity contribution is -0.139. The van der Waals surface area contributed by atoms with Gasteiger partial charge in [-0.2, -0.15) is 0 Å². The molecule has 1 heterocycles. The van der Waals surface area contributed by atoms with Crippen LogP contribution in [0.4, 0.5) is 4.79 Å². The number of carbonyl (C=O) groups is 2. The summed E-state index contributed by atoms with van der Waals surface area (Å²) >= 11 is 0. The van der Waals surface area contributed by atoms with E-state index in [1.165, 1.54) is 11.1 Å². The van der Waals surface area contributed by atoms with Crippen molar-refractivity contribution in [3.8, 4) is 11.1 Å². The van der Waals surface area contributed by atoms with Crippen molar-refractivity contribution in [1.82, 2.24) is 10.6 Å². The predicted octanol–water partition coefficient (Wildman–Crippen LogP) is 2.98. The maximum absolute atomic E-state index is 12.5. The molecule has 0 radical (unpaired) electrons. The van der Waals surface area contributed by atoms with Crippen molar-refractivity contribution in [3.63, 3.8) is 0 Å². The lowest BCUT2D eigenvalue weighted by atomic mass is 9.79. The first-order valence-electron chi connectivity index (χ1n) is 9.53. The fraction of sp³-hybridized carbons (Fsp3) is 0.364. The summed E-state index contributed by atoms with van der Waals surface area (Å²) in [5, 5.41) is 15.2. The van der Waals surface area contributed by atoms with E-state index >= 15 is 0 Å². The third-order valence-electron chi connectivity index (χ3n) is 5.93. The summed E-state index contributed by atoms with van der Waals surface area (Å²) in [4.78, 5) is 23.8. The Morgan fingerprint density at radius 1 is 1.11 bits per heavy atom. The molecule has 2 aromatic rings. The maximum atomic E-state index is 12.5. The average molecular weight is 380 g/mol. The number of hydrogen-bond donors (Lipinski definition) is 3. The molecule has 28 heavy (non-hydrogen) atoms. The molecule has 0 aromatic heterocycles. The Bertz CT molecular complexity index is 863. The van der Waals surface area contributed by atoms with Gasteiger partial charge in [-0.15, -0.1) is 0 Å². The molecule has 3 N–H and O–H groups in total. The van der Waals surface area contributed by atoms with E-state index in [0.29, 0.717) is 13.1 Å². The number of fused-ring (bicyclic) bond motifs is 3. The summed E-state index contributed by atoms with van der Waals surface area (Å²) in [6, 6.07) is 16.3. The van der Waals surface area contributed by atoms with E-state index < -0.39 is 17.6 Å². The largest absolute Gasteiger partial charge is 0.481 e. The molecule has 6 heteroatoms. The monoisotopic (exact) mass is 380 g/mol. The summed E-state index contributed by atoms with van der Waals surface area (Å²) in [7, 11) is 0. The van der Waals surface area contributed by atoms with E-state index in [4.69, 9.17) is 4.74 Å². The summed E-state index contributed by atoms with van der Waals surface area (Å²) in [6.07, 6.45) is -0.707. The minimum absolute atomic E-state index is 0.0192. The Morgan fingerprint density at radius 2 is 1.68 bits per heavy atom. The highest BCUT2D eigenvalue weighted by atomic mass is 16.5. The maximum Gasteiger partial charge on any atom is 0.407 e. The number of carbonyl (C=O) groups excluding carboxylic acids is 1. The predicted molar refractivity (Wildman–Crippen MR) is 105 cm³/mol. The van der Waals surface area contributed by atoms with E-state index in [2.05, 4.69) is 34.9 Å². The topological polar surface area (TPSA) is 87.7 Å². The highest BCUT2D eigenvalue weighted by molar-refractivity contribution is 5.79. The summed E-state index contributed by atoms with van der Waals surface area (Å²) in [5.41, 5.74) is 3.80. The van der Waals surface area contributed by atoms with Crippen LogP contribution >= 0.6 is 0 Å². The molecule has 1 fully saturated rings. The summed E-state index contributed by atoms with van der Waals surface area (Å²) < 4.78 is 5.57. The Kier molecular flexibility index (Phi) is 4.81. The molecule has 1 aliphatic carbocycles. The van der Waals surface area contributed by atoms with Crippen LogP contribution < -0.4 is 10.6 Å². The second kappa shape index (κ2) is 7.28. The molecule has 1 aliphatic heterocycles. The molecule has 146 valence electrons. The number of amides is 1. The molecule has 4 rings (SSSR count). The Labute approximate surface area is 163 Å². The second-order valence-electron chi connectivity index (χ2n) is 7.79. The number of benzene rings is 2. The third-order valence-corrected chi connectivity index (χ3v) is 5.93. The zero-order valence-corrected chi connectivity index (χ0v) is 15.8. The van der Waals surface area contributed by atoms with Crippen molar-refractivity contribution in [2.45, 2.75) is 24.8 Å². The molecule has 1 atom stereocenters. The van der Waals surface area contributed by atoms with Crippen LogP contribution in [0.15, 0.2) is 48.5 Å². The van der Waals surface area contributed by atoms with E-state index in [0.717, 1.165) is 11.1 Å². The van der Waals surface area contributed by atoms with Gasteiger partial charge in [-0.25, -0.2) is 4.79 Å². The zero-order valence-electron chi connectivity index (χ0n) is 15.8. The van der Waals surface area contributed by atoms with Gasteiger partial charge in [-0.1, -0.05) is 48.5 Å². The van der Waals surface area contributed by atoms with Crippen molar-refractivity contribution in [3.05, 3.63) is 59.7 Å². The molecule has 0 spiro atoms. The quantitative estimate of drug-likeness (QED) is 0.717. The van der Waals surface area contributed by atoms with Gasteiger partial charge in [0.15, 0.2) is 0 Å². The van der Waals surface area contributed by atoms with Gasteiger partial charge in [-0.3, -0.25) is 4.79 Å². The molecule has 6 nitrogen and oxygen atoms in total. The zero-order chi connectivity index (χ0) is 19.7. The van der Waals surface area contributed by atoms with Crippen molar-refractivity contribution in [2.75, 3.05) is 19.7 Å². The Morgan fingerprint density at radius 3 is 2.18 bits per heavy atom. The fourth-order valence-electron chi connectivity index (χ4n) is 4.21. The van der Waals surface area contributed by atoms with Gasteiger partial charge < -0.3 is 20.5 Å². The second-order valence-corrected chi connectivity index (χ2v) is 7.79. The van der Waals surface area contributed by atoms with Gasteiger partial charge in [0, 0.05) is 24.9 Å². The minimum atomic E-state index is -0.937. The van der Waals surface area contributed by atoms with Gasteiger partial charge in [0.2, 0.25) is 0 Å². The molecule has 1 saturated heterocycles. The Balaban J connectivity index is 1.47. The number of rotatable bonds is 6. The summed E-state index contributed by atoms with van der Waals surface area (Å²) in [5.74, 6) is -0.883. The molecule has 2 aliphatic rings. The lowest BCUT2D eigenvalue weighted by Gasteiger charge is -2.42. The molecule has 2 aromatic carbocycles. The van der Waals surface area contributed by atoms with Crippen LogP contribution in [0, 0.1) is 5.92 Å².